The predicted octanol–water partition coefficient (Wildman–Crippen LogP) is 2.05. The summed E-state index contributed by atoms with van der Waals surface area (Å²) in [5.74, 6) is -0.600. The Kier molecular flexibility index (Phi) is 5.33. The molecule has 2 aromatic rings. The Labute approximate surface area is 174 Å². The molecule has 0 spiro atoms. The van der Waals surface area contributed by atoms with Crippen LogP contribution in [0.3, 0.4) is 0 Å². The van der Waals surface area contributed by atoms with Crippen LogP contribution in [0.25, 0.3) is 0 Å². The van der Waals surface area contributed by atoms with Gasteiger partial charge in [0.15, 0.2) is 0 Å². The number of fused-ring (bicyclic) bond motifs is 1. The van der Waals surface area contributed by atoms with E-state index in [9.17, 15) is 18.0 Å². The van der Waals surface area contributed by atoms with Crippen molar-refractivity contribution in [2.75, 3.05) is 31.1 Å². The predicted molar refractivity (Wildman–Crippen MR) is 110 cm³/mol. The molecule has 2 amide bonds. The summed E-state index contributed by atoms with van der Waals surface area (Å²) in [6.45, 7) is 0.799. The van der Waals surface area contributed by atoms with Gasteiger partial charge in [0, 0.05) is 35.9 Å². The second-order valence-corrected chi connectivity index (χ2v) is 9.42. The lowest BCUT2D eigenvalue weighted by molar-refractivity contribution is -0.122. The molecule has 29 heavy (non-hydrogen) atoms. The van der Waals surface area contributed by atoms with Crippen LogP contribution >= 0.6 is 11.6 Å². The number of sulfonamides is 1. The lowest BCUT2D eigenvalue weighted by Crippen LogP contribution is -2.49. The van der Waals surface area contributed by atoms with E-state index < -0.39 is 10.0 Å². The summed E-state index contributed by atoms with van der Waals surface area (Å²) >= 11 is 6.07. The minimum absolute atomic E-state index is 0.00592. The molecule has 2 aliphatic rings. The van der Waals surface area contributed by atoms with E-state index in [1.54, 1.807) is 23.1 Å². The Bertz CT molecular complexity index is 1090. The summed E-state index contributed by atoms with van der Waals surface area (Å²) in [6, 6.07) is 11.4. The van der Waals surface area contributed by atoms with Crippen molar-refractivity contribution in [3.05, 3.63) is 58.6 Å². The van der Waals surface area contributed by atoms with E-state index in [4.69, 9.17) is 11.6 Å². The molecule has 0 bridgehead atoms. The number of carbonyl (C=O) groups excluding carboxylic acids is 2. The van der Waals surface area contributed by atoms with E-state index in [0.717, 1.165) is 28.4 Å². The zero-order chi connectivity index (χ0) is 20.6. The summed E-state index contributed by atoms with van der Waals surface area (Å²) < 4.78 is 27.0. The highest BCUT2D eigenvalue weighted by Crippen LogP contribution is 2.31. The third kappa shape index (κ3) is 3.88. The maximum Gasteiger partial charge on any atom is 0.258 e. The van der Waals surface area contributed by atoms with Gasteiger partial charge in [-0.2, -0.15) is 4.31 Å². The van der Waals surface area contributed by atoms with Crippen LogP contribution in [0.1, 0.15) is 22.3 Å². The van der Waals surface area contributed by atoms with Crippen molar-refractivity contribution in [3.8, 4) is 0 Å². The number of anilines is 1. The van der Waals surface area contributed by atoms with Crippen molar-refractivity contribution in [3.63, 3.8) is 0 Å². The summed E-state index contributed by atoms with van der Waals surface area (Å²) in [4.78, 5) is 26.4. The van der Waals surface area contributed by atoms with E-state index >= 15 is 0 Å². The standard InChI is InChI=1S/C20H20ClN3O4S/c21-16-6-7-18-14(11-16)4-2-9-24(18)20(26)15-3-1-5-17(12-15)29(27,28)23-10-8-22-19(25)13-23/h1,3,5-7,11-12H,2,4,8-10,13H2,(H,22,25). The van der Waals surface area contributed by atoms with Crippen LogP contribution in [-0.2, 0) is 21.2 Å². The van der Waals surface area contributed by atoms with E-state index in [2.05, 4.69) is 5.32 Å². The first-order valence-corrected chi connectivity index (χ1v) is 11.2. The Hall–Kier alpha value is -2.42. The van der Waals surface area contributed by atoms with Crippen LogP contribution in [0.5, 0.6) is 0 Å². The van der Waals surface area contributed by atoms with E-state index in [0.29, 0.717) is 11.6 Å². The summed E-state index contributed by atoms with van der Waals surface area (Å²) in [7, 11) is -3.86. The quantitative estimate of drug-likeness (QED) is 0.802. The van der Waals surface area contributed by atoms with Gasteiger partial charge in [-0.1, -0.05) is 17.7 Å². The number of hydrogen-bond donors (Lipinski definition) is 1. The van der Waals surface area contributed by atoms with Gasteiger partial charge in [-0.3, -0.25) is 9.59 Å². The zero-order valence-electron chi connectivity index (χ0n) is 15.6. The highest BCUT2D eigenvalue weighted by atomic mass is 35.5. The molecule has 0 atom stereocenters. The van der Waals surface area contributed by atoms with Gasteiger partial charge >= 0.3 is 0 Å². The molecule has 0 aromatic heterocycles. The maximum atomic E-state index is 13.2. The lowest BCUT2D eigenvalue weighted by Gasteiger charge is -2.30. The number of piperazine rings is 1. The molecule has 2 aromatic carbocycles. The molecule has 1 N–H and O–H groups in total. The van der Waals surface area contributed by atoms with Gasteiger partial charge in [0.2, 0.25) is 15.9 Å². The van der Waals surface area contributed by atoms with Gasteiger partial charge in [-0.05, 0) is 54.8 Å². The summed E-state index contributed by atoms with van der Waals surface area (Å²) in [5.41, 5.74) is 2.09. The van der Waals surface area contributed by atoms with E-state index in [1.807, 2.05) is 12.1 Å². The number of aryl methyl sites for hydroxylation is 1. The highest BCUT2D eigenvalue weighted by Gasteiger charge is 2.30. The summed E-state index contributed by atoms with van der Waals surface area (Å²) in [5, 5.41) is 3.23. The first kappa shape index (κ1) is 19.9. The minimum atomic E-state index is -3.86. The van der Waals surface area contributed by atoms with Crippen molar-refractivity contribution in [1.29, 1.82) is 0 Å². The average Bonchev–Trinajstić information content (AvgIpc) is 2.72. The Morgan fingerprint density at radius 1 is 1.10 bits per heavy atom. The van der Waals surface area contributed by atoms with Crippen molar-refractivity contribution in [1.82, 2.24) is 9.62 Å². The normalized spacial score (nSPS) is 17.6. The molecule has 0 radical (unpaired) electrons. The van der Waals surface area contributed by atoms with Gasteiger partial charge in [-0.25, -0.2) is 8.42 Å². The minimum Gasteiger partial charge on any atom is -0.354 e. The first-order valence-electron chi connectivity index (χ1n) is 9.33. The fourth-order valence-electron chi connectivity index (χ4n) is 3.69. The molecule has 7 nitrogen and oxygen atoms in total. The van der Waals surface area contributed by atoms with Crippen molar-refractivity contribution in [2.24, 2.45) is 0 Å². The smallest absolute Gasteiger partial charge is 0.258 e. The average molecular weight is 434 g/mol. The third-order valence-corrected chi connectivity index (χ3v) is 7.20. The number of nitrogens with zero attached hydrogens (tertiary/aromatic N) is 2. The largest absolute Gasteiger partial charge is 0.354 e. The number of rotatable bonds is 3. The van der Waals surface area contributed by atoms with Crippen molar-refractivity contribution >= 4 is 39.1 Å². The van der Waals surface area contributed by atoms with Crippen LogP contribution in [-0.4, -0.2) is 50.7 Å². The second kappa shape index (κ2) is 7.78. The van der Waals surface area contributed by atoms with Crippen molar-refractivity contribution in [2.45, 2.75) is 17.7 Å². The molecule has 1 fully saturated rings. The third-order valence-electron chi connectivity index (χ3n) is 5.13. The molecule has 2 heterocycles. The topological polar surface area (TPSA) is 86.8 Å². The number of halogens is 1. The molecule has 0 unspecified atom stereocenters. The van der Waals surface area contributed by atoms with Crippen LogP contribution < -0.4 is 10.2 Å². The van der Waals surface area contributed by atoms with Crippen LogP contribution in [0.4, 0.5) is 5.69 Å². The first-order chi connectivity index (χ1) is 13.9. The van der Waals surface area contributed by atoms with Gasteiger partial charge in [0.1, 0.15) is 0 Å². The molecule has 4 rings (SSSR count). The van der Waals surface area contributed by atoms with Crippen LogP contribution in [0.2, 0.25) is 5.02 Å². The monoisotopic (exact) mass is 433 g/mol. The number of hydrogen-bond acceptors (Lipinski definition) is 4. The number of carbonyl (C=O) groups is 2. The molecular formula is C20H20ClN3O4S. The molecule has 0 aliphatic carbocycles. The molecule has 1 saturated heterocycles. The fraction of sp³-hybridized carbons (Fsp3) is 0.300. The number of nitrogens with one attached hydrogen (secondary N) is 1. The van der Waals surface area contributed by atoms with Crippen LogP contribution in [0, 0.1) is 0 Å². The van der Waals surface area contributed by atoms with Gasteiger partial charge in [0.05, 0.1) is 11.4 Å². The molecule has 9 heteroatoms. The highest BCUT2D eigenvalue weighted by molar-refractivity contribution is 7.89. The van der Waals surface area contributed by atoms with Crippen LogP contribution in [0.15, 0.2) is 47.4 Å². The molecule has 2 aliphatic heterocycles. The second-order valence-electron chi connectivity index (χ2n) is 7.05. The Morgan fingerprint density at radius 2 is 1.93 bits per heavy atom. The Balaban J connectivity index is 1.64. The molecular weight excluding hydrogens is 414 g/mol. The van der Waals surface area contributed by atoms with E-state index in [1.165, 1.54) is 12.1 Å². The van der Waals surface area contributed by atoms with Gasteiger partial charge < -0.3 is 10.2 Å². The number of benzene rings is 2. The molecule has 152 valence electrons. The lowest BCUT2D eigenvalue weighted by atomic mass is 10.0. The summed E-state index contributed by atoms with van der Waals surface area (Å²) in [6.07, 6.45) is 1.64. The fourth-order valence-corrected chi connectivity index (χ4v) is 5.33. The SMILES string of the molecule is O=C1CN(S(=O)(=O)c2cccc(C(=O)N3CCCc4cc(Cl)ccc43)c2)CCN1. The van der Waals surface area contributed by atoms with Gasteiger partial charge in [-0.15, -0.1) is 0 Å². The van der Waals surface area contributed by atoms with Gasteiger partial charge in [0.25, 0.3) is 5.91 Å². The Morgan fingerprint density at radius 3 is 2.72 bits per heavy atom. The van der Waals surface area contributed by atoms with E-state index in [-0.39, 0.29) is 41.9 Å². The molecule has 0 saturated carbocycles. The number of amides is 2. The zero-order valence-corrected chi connectivity index (χ0v) is 17.2. The maximum absolute atomic E-state index is 13.2. The van der Waals surface area contributed by atoms with Crippen molar-refractivity contribution < 1.29 is 18.0 Å².